The minimum Gasteiger partial charge on any atom is -0.494 e. The van der Waals surface area contributed by atoms with Gasteiger partial charge in [0.15, 0.2) is 11.6 Å². The highest BCUT2D eigenvalue weighted by molar-refractivity contribution is 5.43. The molecule has 0 radical (unpaired) electrons. The van der Waals surface area contributed by atoms with Crippen molar-refractivity contribution in [3.8, 4) is 5.75 Å². The van der Waals surface area contributed by atoms with E-state index in [2.05, 4.69) is 5.32 Å². The second-order valence-corrected chi connectivity index (χ2v) is 4.84. The van der Waals surface area contributed by atoms with Crippen LogP contribution < -0.4 is 10.1 Å². The summed E-state index contributed by atoms with van der Waals surface area (Å²) >= 11 is 0. The Balaban J connectivity index is 2.58. The highest BCUT2D eigenvalue weighted by Crippen LogP contribution is 2.34. The van der Waals surface area contributed by atoms with E-state index in [1.54, 1.807) is 18.2 Å². The van der Waals surface area contributed by atoms with Crippen LogP contribution in [0.4, 0.5) is 4.39 Å². The molecule has 1 atom stereocenters. The van der Waals surface area contributed by atoms with Crippen LogP contribution in [0.25, 0.3) is 0 Å². The van der Waals surface area contributed by atoms with Crippen molar-refractivity contribution in [3.05, 3.63) is 52.2 Å². The largest absolute Gasteiger partial charge is 0.494 e. The molecule has 0 aliphatic rings. The van der Waals surface area contributed by atoms with Crippen molar-refractivity contribution in [2.24, 2.45) is 0 Å². The third kappa shape index (κ3) is 2.31. The van der Waals surface area contributed by atoms with E-state index in [1.807, 2.05) is 27.8 Å². The third-order valence-corrected chi connectivity index (χ3v) is 3.72. The van der Waals surface area contributed by atoms with Crippen molar-refractivity contribution in [3.63, 3.8) is 0 Å². The van der Waals surface area contributed by atoms with Gasteiger partial charge in [0.2, 0.25) is 0 Å². The molecule has 1 N–H and O–H groups in total. The van der Waals surface area contributed by atoms with Gasteiger partial charge >= 0.3 is 0 Å². The lowest BCUT2D eigenvalue weighted by Gasteiger charge is -2.19. The number of furan rings is 1. The van der Waals surface area contributed by atoms with Gasteiger partial charge in [-0.05, 0) is 39.4 Å². The van der Waals surface area contributed by atoms with Gasteiger partial charge in [0.1, 0.15) is 11.5 Å². The van der Waals surface area contributed by atoms with E-state index >= 15 is 0 Å². The Hall–Kier alpha value is -1.81. The lowest BCUT2D eigenvalue weighted by Crippen LogP contribution is -2.20. The zero-order valence-electron chi connectivity index (χ0n) is 12.5. The highest BCUT2D eigenvalue weighted by atomic mass is 19.1. The number of hydrogen-bond acceptors (Lipinski definition) is 3. The number of rotatable bonds is 4. The van der Waals surface area contributed by atoms with Crippen LogP contribution in [0.3, 0.4) is 0 Å². The summed E-state index contributed by atoms with van der Waals surface area (Å²) in [6, 6.07) is 4.91. The van der Waals surface area contributed by atoms with Gasteiger partial charge in [-0.1, -0.05) is 12.1 Å². The van der Waals surface area contributed by atoms with Gasteiger partial charge < -0.3 is 14.5 Å². The van der Waals surface area contributed by atoms with Crippen LogP contribution in [-0.2, 0) is 0 Å². The quantitative estimate of drug-likeness (QED) is 0.926. The number of benzene rings is 1. The number of ether oxygens (including phenoxy) is 1. The predicted molar refractivity (Wildman–Crippen MR) is 76.8 cm³/mol. The van der Waals surface area contributed by atoms with Crippen molar-refractivity contribution in [1.82, 2.24) is 5.32 Å². The lowest BCUT2D eigenvalue weighted by atomic mass is 9.95. The van der Waals surface area contributed by atoms with Gasteiger partial charge in [0.25, 0.3) is 0 Å². The third-order valence-electron chi connectivity index (χ3n) is 3.72. The van der Waals surface area contributed by atoms with Gasteiger partial charge in [-0.2, -0.15) is 0 Å². The molecule has 0 spiro atoms. The zero-order chi connectivity index (χ0) is 14.9. The van der Waals surface area contributed by atoms with Crippen LogP contribution in [-0.4, -0.2) is 14.2 Å². The molecule has 0 saturated heterocycles. The first-order chi connectivity index (χ1) is 9.51. The molecule has 0 amide bonds. The maximum atomic E-state index is 14.5. The molecular formula is C16H20FNO2. The molecule has 1 aromatic carbocycles. The topological polar surface area (TPSA) is 34.4 Å². The minimum absolute atomic E-state index is 0.248. The molecule has 2 rings (SSSR count). The summed E-state index contributed by atoms with van der Waals surface area (Å²) in [5, 5.41) is 3.17. The predicted octanol–water partition coefficient (Wildman–Crippen LogP) is 3.66. The summed E-state index contributed by atoms with van der Waals surface area (Å²) < 4.78 is 25.2. The Morgan fingerprint density at radius 1 is 1.20 bits per heavy atom. The Labute approximate surface area is 118 Å². The highest BCUT2D eigenvalue weighted by Gasteiger charge is 2.25. The summed E-state index contributed by atoms with van der Waals surface area (Å²) in [5.74, 6) is 1.58. The van der Waals surface area contributed by atoms with Gasteiger partial charge in [0, 0.05) is 11.1 Å². The van der Waals surface area contributed by atoms with Crippen molar-refractivity contribution in [1.29, 1.82) is 0 Å². The molecule has 4 heteroatoms. The molecular weight excluding hydrogens is 257 g/mol. The molecule has 1 aromatic heterocycles. The van der Waals surface area contributed by atoms with Crippen LogP contribution in [0.2, 0.25) is 0 Å². The number of methoxy groups -OCH3 is 1. The smallest absolute Gasteiger partial charge is 0.170 e. The van der Waals surface area contributed by atoms with Crippen LogP contribution >= 0.6 is 0 Å². The zero-order valence-corrected chi connectivity index (χ0v) is 12.5. The Morgan fingerprint density at radius 3 is 2.40 bits per heavy atom. The van der Waals surface area contributed by atoms with Crippen molar-refractivity contribution in [2.45, 2.75) is 26.8 Å². The Kier molecular flexibility index (Phi) is 4.14. The van der Waals surface area contributed by atoms with Crippen LogP contribution in [0.15, 0.2) is 22.6 Å². The van der Waals surface area contributed by atoms with E-state index in [0.29, 0.717) is 5.56 Å². The first-order valence-electron chi connectivity index (χ1n) is 6.57. The van der Waals surface area contributed by atoms with Gasteiger partial charge in [-0.25, -0.2) is 4.39 Å². The molecule has 0 fully saturated rings. The van der Waals surface area contributed by atoms with Crippen molar-refractivity contribution >= 4 is 0 Å². The number of hydrogen-bond donors (Lipinski definition) is 1. The summed E-state index contributed by atoms with van der Waals surface area (Å²) in [6.07, 6.45) is 0. The molecule has 2 aromatic rings. The van der Waals surface area contributed by atoms with Crippen LogP contribution in [0.1, 0.15) is 34.3 Å². The minimum atomic E-state index is -0.341. The molecule has 0 aliphatic heterocycles. The molecule has 1 unspecified atom stereocenters. The van der Waals surface area contributed by atoms with Crippen LogP contribution in [0, 0.1) is 26.6 Å². The average Bonchev–Trinajstić information content (AvgIpc) is 2.68. The Bertz CT molecular complexity index is 619. The summed E-state index contributed by atoms with van der Waals surface area (Å²) in [6.45, 7) is 5.81. The summed E-state index contributed by atoms with van der Waals surface area (Å²) in [4.78, 5) is 0. The number of nitrogens with one attached hydrogen (secondary N) is 1. The Morgan fingerprint density at radius 2 is 1.90 bits per heavy atom. The van der Waals surface area contributed by atoms with E-state index in [0.717, 1.165) is 22.6 Å². The summed E-state index contributed by atoms with van der Waals surface area (Å²) in [5.41, 5.74) is 2.58. The molecule has 1 heterocycles. The standard InChI is InChI=1S/C16H20FNO2/c1-9-10(2)20-11(3)14(9)16(18-4)12-7-6-8-13(19-5)15(12)17/h6-8,16,18H,1-5H3. The van der Waals surface area contributed by atoms with E-state index in [-0.39, 0.29) is 17.6 Å². The fraction of sp³-hybridized carbons (Fsp3) is 0.375. The van der Waals surface area contributed by atoms with Gasteiger partial charge in [0.05, 0.1) is 13.2 Å². The second-order valence-electron chi connectivity index (χ2n) is 4.84. The molecule has 108 valence electrons. The first-order valence-corrected chi connectivity index (χ1v) is 6.57. The molecule has 3 nitrogen and oxygen atoms in total. The average molecular weight is 277 g/mol. The van der Waals surface area contributed by atoms with E-state index in [4.69, 9.17) is 9.15 Å². The lowest BCUT2D eigenvalue weighted by molar-refractivity contribution is 0.382. The van der Waals surface area contributed by atoms with E-state index in [1.165, 1.54) is 7.11 Å². The van der Waals surface area contributed by atoms with E-state index < -0.39 is 0 Å². The maximum absolute atomic E-state index is 14.5. The number of aryl methyl sites for hydroxylation is 2. The fourth-order valence-electron chi connectivity index (χ4n) is 2.60. The van der Waals surface area contributed by atoms with E-state index in [9.17, 15) is 4.39 Å². The molecule has 20 heavy (non-hydrogen) atoms. The maximum Gasteiger partial charge on any atom is 0.170 e. The molecule has 0 aliphatic carbocycles. The van der Waals surface area contributed by atoms with Gasteiger partial charge in [-0.3, -0.25) is 0 Å². The first kappa shape index (κ1) is 14.6. The fourth-order valence-corrected chi connectivity index (χ4v) is 2.60. The summed E-state index contributed by atoms with van der Waals surface area (Å²) in [7, 11) is 3.28. The SMILES string of the molecule is CNC(c1cccc(OC)c1F)c1c(C)oc(C)c1C. The monoisotopic (exact) mass is 277 g/mol. The van der Waals surface area contributed by atoms with Gasteiger partial charge in [-0.15, -0.1) is 0 Å². The molecule has 0 bridgehead atoms. The second kappa shape index (κ2) is 5.67. The van der Waals surface area contributed by atoms with Crippen molar-refractivity contribution in [2.75, 3.05) is 14.2 Å². The molecule has 0 saturated carbocycles. The van der Waals surface area contributed by atoms with Crippen molar-refractivity contribution < 1.29 is 13.5 Å². The van der Waals surface area contributed by atoms with Crippen LogP contribution in [0.5, 0.6) is 5.75 Å². The number of halogens is 1. The normalized spacial score (nSPS) is 12.5.